The van der Waals surface area contributed by atoms with E-state index in [2.05, 4.69) is 6.92 Å². The van der Waals surface area contributed by atoms with Gasteiger partial charge in [0.05, 0.1) is 0 Å². The summed E-state index contributed by atoms with van der Waals surface area (Å²) < 4.78 is 11.5. The van der Waals surface area contributed by atoms with Gasteiger partial charge in [-0.1, -0.05) is 13.0 Å². The first-order chi connectivity index (χ1) is 10.4. The Balaban J connectivity index is 2.09. The minimum atomic E-state index is -0.295. The number of ether oxygens (including phenoxy) is 2. The van der Waals surface area contributed by atoms with E-state index in [9.17, 15) is 10.2 Å². The topological polar surface area (TPSA) is 58.9 Å². The fourth-order valence-corrected chi connectivity index (χ4v) is 1.92. The largest absolute Gasteiger partial charge is 0.508 e. The van der Waals surface area contributed by atoms with Crippen molar-refractivity contribution in [1.29, 1.82) is 0 Å². The standard InChI is InChI=1S/C18H22O4/c1-4-18(2,3)22-17-9-13(8-15(20)11-17)12-21-16-7-5-6-14(19)10-16/h5-11,19-20H,4,12H2,1-3H3. The molecule has 0 heterocycles. The van der Waals surface area contributed by atoms with Crippen LogP contribution < -0.4 is 9.47 Å². The summed E-state index contributed by atoms with van der Waals surface area (Å²) in [6.07, 6.45) is 0.859. The summed E-state index contributed by atoms with van der Waals surface area (Å²) in [5.74, 6) is 1.47. The van der Waals surface area contributed by atoms with Gasteiger partial charge in [0.25, 0.3) is 0 Å². The van der Waals surface area contributed by atoms with E-state index in [-0.39, 0.29) is 23.7 Å². The van der Waals surface area contributed by atoms with Crippen LogP contribution in [0, 0.1) is 0 Å². The van der Waals surface area contributed by atoms with Gasteiger partial charge >= 0.3 is 0 Å². The van der Waals surface area contributed by atoms with Crippen LogP contribution in [0.4, 0.5) is 0 Å². The predicted octanol–water partition coefficient (Wildman–Crippen LogP) is 4.24. The molecule has 2 aromatic rings. The highest BCUT2D eigenvalue weighted by Crippen LogP contribution is 2.27. The molecule has 2 N–H and O–H groups in total. The molecule has 0 saturated heterocycles. The normalized spacial score (nSPS) is 11.2. The van der Waals surface area contributed by atoms with Gasteiger partial charge in [-0.15, -0.1) is 0 Å². The van der Waals surface area contributed by atoms with Crippen molar-refractivity contribution in [2.45, 2.75) is 39.4 Å². The molecule has 0 atom stereocenters. The molecule has 0 aliphatic carbocycles. The van der Waals surface area contributed by atoms with E-state index in [0.717, 1.165) is 12.0 Å². The lowest BCUT2D eigenvalue weighted by Crippen LogP contribution is -2.26. The second kappa shape index (κ2) is 6.60. The van der Waals surface area contributed by atoms with Crippen LogP contribution in [-0.2, 0) is 6.61 Å². The zero-order valence-corrected chi connectivity index (χ0v) is 13.2. The Hall–Kier alpha value is -2.36. The Morgan fingerprint density at radius 1 is 0.955 bits per heavy atom. The summed E-state index contributed by atoms with van der Waals surface area (Å²) in [7, 11) is 0. The van der Waals surface area contributed by atoms with E-state index in [1.54, 1.807) is 36.4 Å². The minimum Gasteiger partial charge on any atom is -0.508 e. The van der Waals surface area contributed by atoms with Crippen LogP contribution in [0.5, 0.6) is 23.0 Å². The van der Waals surface area contributed by atoms with Gasteiger partial charge in [0.1, 0.15) is 35.2 Å². The van der Waals surface area contributed by atoms with E-state index in [4.69, 9.17) is 9.47 Å². The molecule has 0 spiro atoms. The average Bonchev–Trinajstić information content (AvgIpc) is 2.44. The molecule has 0 fully saturated rings. The van der Waals surface area contributed by atoms with E-state index in [0.29, 0.717) is 11.5 Å². The number of aromatic hydroxyl groups is 2. The summed E-state index contributed by atoms with van der Waals surface area (Å²) in [6, 6.07) is 11.7. The molecule has 4 heteroatoms. The van der Waals surface area contributed by atoms with E-state index < -0.39 is 0 Å². The monoisotopic (exact) mass is 302 g/mol. The molecular weight excluding hydrogens is 280 g/mol. The number of rotatable bonds is 6. The predicted molar refractivity (Wildman–Crippen MR) is 85.5 cm³/mol. The summed E-state index contributed by atoms with van der Waals surface area (Å²) >= 11 is 0. The van der Waals surface area contributed by atoms with Gasteiger partial charge in [-0.3, -0.25) is 0 Å². The van der Waals surface area contributed by atoms with Crippen molar-refractivity contribution in [2.75, 3.05) is 0 Å². The average molecular weight is 302 g/mol. The molecular formula is C18H22O4. The van der Waals surface area contributed by atoms with Gasteiger partial charge in [0, 0.05) is 12.1 Å². The van der Waals surface area contributed by atoms with Crippen LogP contribution in [-0.4, -0.2) is 15.8 Å². The molecule has 0 radical (unpaired) electrons. The maximum atomic E-state index is 9.83. The van der Waals surface area contributed by atoms with Gasteiger partial charge in [0.15, 0.2) is 0 Å². The van der Waals surface area contributed by atoms with Crippen LogP contribution in [0.25, 0.3) is 0 Å². The number of phenolic OH excluding ortho intramolecular Hbond substituents is 2. The number of phenols is 2. The van der Waals surface area contributed by atoms with Gasteiger partial charge < -0.3 is 19.7 Å². The highest BCUT2D eigenvalue weighted by molar-refractivity contribution is 5.38. The lowest BCUT2D eigenvalue weighted by Gasteiger charge is -2.25. The maximum Gasteiger partial charge on any atom is 0.124 e. The molecule has 0 bridgehead atoms. The third-order valence-corrected chi connectivity index (χ3v) is 3.42. The molecule has 0 amide bonds. The quantitative estimate of drug-likeness (QED) is 0.837. The third kappa shape index (κ3) is 4.58. The van der Waals surface area contributed by atoms with Gasteiger partial charge in [-0.2, -0.15) is 0 Å². The number of benzene rings is 2. The summed E-state index contributed by atoms with van der Waals surface area (Å²) in [5, 5.41) is 19.2. The van der Waals surface area contributed by atoms with Crippen molar-refractivity contribution >= 4 is 0 Å². The molecule has 2 aromatic carbocycles. The molecule has 22 heavy (non-hydrogen) atoms. The second-order valence-corrected chi connectivity index (χ2v) is 5.84. The van der Waals surface area contributed by atoms with E-state index >= 15 is 0 Å². The first-order valence-corrected chi connectivity index (χ1v) is 7.32. The molecule has 2 rings (SSSR count). The molecule has 0 aliphatic rings. The fraction of sp³-hybridized carbons (Fsp3) is 0.333. The van der Waals surface area contributed by atoms with Gasteiger partial charge in [-0.05, 0) is 50.1 Å². The van der Waals surface area contributed by atoms with Crippen LogP contribution in [0.2, 0.25) is 0 Å². The van der Waals surface area contributed by atoms with Crippen molar-refractivity contribution in [2.24, 2.45) is 0 Å². The summed E-state index contributed by atoms with van der Waals surface area (Å²) in [4.78, 5) is 0. The summed E-state index contributed by atoms with van der Waals surface area (Å²) in [5.41, 5.74) is 0.502. The number of hydrogen-bond donors (Lipinski definition) is 2. The minimum absolute atomic E-state index is 0.138. The SMILES string of the molecule is CCC(C)(C)Oc1cc(O)cc(COc2cccc(O)c2)c1. The van der Waals surface area contributed by atoms with Gasteiger partial charge in [0.2, 0.25) is 0 Å². The lowest BCUT2D eigenvalue weighted by atomic mass is 10.1. The fourth-order valence-electron chi connectivity index (χ4n) is 1.92. The molecule has 118 valence electrons. The number of hydrogen-bond acceptors (Lipinski definition) is 4. The molecule has 4 nitrogen and oxygen atoms in total. The van der Waals surface area contributed by atoms with Crippen molar-refractivity contribution < 1.29 is 19.7 Å². The van der Waals surface area contributed by atoms with E-state index in [1.165, 1.54) is 0 Å². The zero-order valence-electron chi connectivity index (χ0n) is 13.2. The zero-order chi connectivity index (χ0) is 16.2. The Morgan fingerprint density at radius 2 is 1.68 bits per heavy atom. The van der Waals surface area contributed by atoms with Crippen molar-refractivity contribution in [3.8, 4) is 23.0 Å². The third-order valence-electron chi connectivity index (χ3n) is 3.42. The Morgan fingerprint density at radius 3 is 2.36 bits per heavy atom. The van der Waals surface area contributed by atoms with E-state index in [1.807, 2.05) is 19.9 Å². The molecule has 0 aromatic heterocycles. The highest BCUT2D eigenvalue weighted by Gasteiger charge is 2.17. The van der Waals surface area contributed by atoms with Crippen LogP contribution >= 0.6 is 0 Å². The maximum absolute atomic E-state index is 9.83. The molecule has 0 aliphatic heterocycles. The summed E-state index contributed by atoms with van der Waals surface area (Å²) in [6.45, 7) is 6.33. The van der Waals surface area contributed by atoms with Crippen LogP contribution in [0.15, 0.2) is 42.5 Å². The van der Waals surface area contributed by atoms with Gasteiger partial charge in [-0.25, -0.2) is 0 Å². The lowest BCUT2D eigenvalue weighted by molar-refractivity contribution is 0.105. The first-order valence-electron chi connectivity index (χ1n) is 7.32. The Bertz CT molecular complexity index is 635. The van der Waals surface area contributed by atoms with Crippen molar-refractivity contribution in [3.05, 3.63) is 48.0 Å². The molecule has 0 saturated carbocycles. The highest BCUT2D eigenvalue weighted by atomic mass is 16.5. The molecule has 0 unspecified atom stereocenters. The van der Waals surface area contributed by atoms with Crippen molar-refractivity contribution in [3.63, 3.8) is 0 Å². The van der Waals surface area contributed by atoms with Crippen LogP contribution in [0.3, 0.4) is 0 Å². The second-order valence-electron chi connectivity index (χ2n) is 5.84. The van der Waals surface area contributed by atoms with Crippen LogP contribution in [0.1, 0.15) is 32.8 Å². The Labute approximate surface area is 130 Å². The Kier molecular flexibility index (Phi) is 4.81. The smallest absolute Gasteiger partial charge is 0.124 e. The first kappa shape index (κ1) is 16.0. The van der Waals surface area contributed by atoms with Crippen molar-refractivity contribution in [1.82, 2.24) is 0 Å².